The minimum atomic E-state index is 0. The topological polar surface area (TPSA) is 31.0 Å². The van der Waals surface area contributed by atoms with Crippen LogP contribution in [0, 0.1) is 0 Å². The number of ketones is 1. The molecule has 74 valence electrons. The molecule has 0 aromatic heterocycles. The largest absolute Gasteiger partial charge is 1.00 e. The van der Waals surface area contributed by atoms with E-state index in [1.165, 1.54) is 23.1 Å². The van der Waals surface area contributed by atoms with E-state index >= 15 is 0 Å². The molecule has 6 heteroatoms. The van der Waals surface area contributed by atoms with Crippen LogP contribution in [0.3, 0.4) is 0 Å². The molecule has 2 aliphatic rings. The van der Waals surface area contributed by atoms with Gasteiger partial charge >= 0.3 is 0 Å². The molecule has 0 unspecified atom stereocenters. The number of carbonyl (C=O) groups is 1. The van der Waals surface area contributed by atoms with E-state index in [0.29, 0.717) is 5.17 Å². The van der Waals surface area contributed by atoms with Crippen LogP contribution in [0.1, 0.15) is 0 Å². The summed E-state index contributed by atoms with van der Waals surface area (Å²) >= 11 is 5.90. The van der Waals surface area contributed by atoms with Crippen LogP contribution in [0.4, 0.5) is 0 Å². The second-order valence-corrected chi connectivity index (χ2v) is 4.76. The van der Waals surface area contributed by atoms with E-state index in [1.807, 2.05) is 0 Å². The van der Waals surface area contributed by atoms with Gasteiger partial charge < -0.3 is 12.4 Å². The molecule has 0 radical (unpaired) electrons. The highest BCUT2D eigenvalue weighted by atomic mass is 35.5. The number of carbonyl (C=O) groups excluding carboxylic acids is 1. The van der Waals surface area contributed by atoms with Crippen molar-refractivity contribution >= 4 is 44.3 Å². The summed E-state index contributed by atoms with van der Waals surface area (Å²) in [5, 5.41) is 0.633. The Bertz CT molecular complexity index is 367. The molecule has 0 amide bonds. The van der Waals surface area contributed by atoms with Gasteiger partial charge in [-0.15, -0.1) is 0 Å². The Morgan fingerprint density at radius 2 is 1.86 bits per heavy atom. The third-order valence-electron chi connectivity index (χ3n) is 1.57. The van der Waals surface area contributed by atoms with Gasteiger partial charge in [-0.25, -0.2) is 0 Å². The van der Waals surface area contributed by atoms with E-state index in [1.54, 1.807) is 22.9 Å². The summed E-state index contributed by atoms with van der Waals surface area (Å²) in [6.07, 6.45) is 6.63. The second-order valence-electron chi connectivity index (χ2n) is 2.44. The summed E-state index contributed by atoms with van der Waals surface area (Å²) in [6.45, 7) is 0. The van der Waals surface area contributed by atoms with Crippen molar-refractivity contribution in [2.45, 2.75) is 0 Å². The summed E-state index contributed by atoms with van der Waals surface area (Å²) in [6, 6.07) is 0. The van der Waals surface area contributed by atoms with Crippen LogP contribution in [0.5, 0.6) is 0 Å². The molecule has 14 heavy (non-hydrogen) atoms. The molecular formula is C8H5Cl2NOS2. The summed E-state index contributed by atoms with van der Waals surface area (Å²) in [7, 11) is 3.03. The van der Waals surface area contributed by atoms with Crippen molar-refractivity contribution in [2.24, 2.45) is 0 Å². The maximum Gasteiger partial charge on any atom is 0.297 e. The smallest absolute Gasteiger partial charge is 0.297 e. The van der Waals surface area contributed by atoms with Crippen LogP contribution < -0.4 is 16.8 Å². The number of halogens is 2. The van der Waals surface area contributed by atoms with Gasteiger partial charge in [-0.1, -0.05) is 0 Å². The molecule has 0 aromatic rings. The Morgan fingerprint density at radius 1 is 1.21 bits per heavy atom. The van der Waals surface area contributed by atoms with Crippen LogP contribution in [0.15, 0.2) is 34.8 Å². The van der Waals surface area contributed by atoms with Crippen molar-refractivity contribution in [1.29, 1.82) is 0 Å². The fraction of sp³-hybridized carbons (Fsp3) is 0. The number of nitrogens with one attached hydrogen (secondary N) is 1. The van der Waals surface area contributed by atoms with Crippen LogP contribution in [-0.2, 0) is 4.79 Å². The van der Waals surface area contributed by atoms with Gasteiger partial charge in [0.15, 0.2) is 5.78 Å². The zero-order valence-electron chi connectivity index (χ0n) is 6.79. The quantitative estimate of drug-likeness (QED) is 0.405. The van der Waals surface area contributed by atoms with Gasteiger partial charge in [0.25, 0.3) is 5.17 Å². The molecule has 0 bridgehead atoms. The molecule has 0 fully saturated rings. The standard InChI is InChI=1S/C8H4ClNOS2.ClH/c9-8-7(12-13-10-8)5-1-3-6(11)4-2-5;/h1-4H;1H. The molecular weight excluding hydrogens is 261 g/mol. The maximum atomic E-state index is 10.8. The first kappa shape index (κ1) is 11.9. The van der Waals surface area contributed by atoms with Crippen molar-refractivity contribution in [2.75, 3.05) is 0 Å². The van der Waals surface area contributed by atoms with E-state index in [9.17, 15) is 4.79 Å². The second kappa shape index (κ2) is 5.07. The predicted molar refractivity (Wildman–Crippen MR) is 57.3 cm³/mol. The number of rotatable bonds is 0. The molecule has 0 saturated carbocycles. The van der Waals surface area contributed by atoms with Crippen molar-refractivity contribution < 1.29 is 21.6 Å². The fourth-order valence-electron chi connectivity index (χ4n) is 0.963. The minimum absolute atomic E-state index is 0. The number of hydrogen-bond donors (Lipinski definition) is 1. The highest BCUT2D eigenvalue weighted by Crippen LogP contribution is 2.33. The Kier molecular flexibility index (Phi) is 4.31. The molecule has 1 N–H and O–H groups in total. The maximum absolute atomic E-state index is 10.8. The summed E-state index contributed by atoms with van der Waals surface area (Å²) in [5.74, 6) is 0.0177. The van der Waals surface area contributed by atoms with E-state index < -0.39 is 0 Å². The molecule has 0 spiro atoms. The van der Waals surface area contributed by atoms with Crippen LogP contribution in [-0.4, -0.2) is 11.0 Å². The predicted octanol–water partition coefficient (Wildman–Crippen LogP) is -2.03. The van der Waals surface area contributed by atoms with Crippen molar-refractivity contribution in [3.63, 3.8) is 0 Å². The SMILES string of the molecule is O=C1C=CC(=C2SS[NH+]=C2Cl)C=C1.[Cl-]. The molecule has 1 aliphatic heterocycles. The summed E-state index contributed by atoms with van der Waals surface area (Å²) in [4.78, 5) is 11.8. The average molecular weight is 266 g/mol. The van der Waals surface area contributed by atoms with Crippen LogP contribution in [0.2, 0.25) is 0 Å². The monoisotopic (exact) mass is 265 g/mol. The first-order valence-electron chi connectivity index (χ1n) is 3.54. The lowest BCUT2D eigenvalue weighted by Gasteiger charge is -1.99. The van der Waals surface area contributed by atoms with E-state index in [4.69, 9.17) is 11.6 Å². The Morgan fingerprint density at radius 3 is 2.36 bits per heavy atom. The molecule has 1 aliphatic carbocycles. The Balaban J connectivity index is 0.000000980. The highest BCUT2D eigenvalue weighted by Gasteiger charge is 2.24. The minimum Gasteiger partial charge on any atom is -1.00 e. The zero-order chi connectivity index (χ0) is 9.26. The molecule has 0 aromatic carbocycles. The van der Waals surface area contributed by atoms with Crippen LogP contribution >= 0.6 is 33.4 Å². The lowest BCUT2D eigenvalue weighted by atomic mass is 10.1. The highest BCUT2D eigenvalue weighted by molar-refractivity contribution is 8.76. The van der Waals surface area contributed by atoms with E-state index in [0.717, 1.165) is 10.5 Å². The first-order chi connectivity index (χ1) is 6.27. The molecule has 0 atom stereocenters. The van der Waals surface area contributed by atoms with Gasteiger partial charge in [-0.2, -0.15) is 4.40 Å². The number of allylic oxidation sites excluding steroid dienone is 6. The lowest BCUT2D eigenvalue weighted by molar-refractivity contribution is -0.233. The lowest BCUT2D eigenvalue weighted by Crippen LogP contribution is -3.00. The first-order valence-corrected chi connectivity index (χ1v) is 6.07. The third kappa shape index (κ3) is 2.45. The zero-order valence-corrected chi connectivity index (χ0v) is 9.93. The molecule has 2 nitrogen and oxygen atoms in total. The van der Waals surface area contributed by atoms with E-state index in [2.05, 4.69) is 4.40 Å². The van der Waals surface area contributed by atoms with Gasteiger partial charge in [0, 0.05) is 10.8 Å². The normalized spacial score (nSPS) is 19.8. The summed E-state index contributed by atoms with van der Waals surface area (Å²) < 4.78 is 2.93. The van der Waals surface area contributed by atoms with Gasteiger partial charge in [-0.05, 0) is 41.5 Å². The summed E-state index contributed by atoms with van der Waals surface area (Å²) in [5.41, 5.74) is 0.979. The average Bonchev–Trinajstić information content (AvgIpc) is 2.53. The van der Waals surface area contributed by atoms with Gasteiger partial charge in [-0.3, -0.25) is 4.79 Å². The van der Waals surface area contributed by atoms with Gasteiger partial charge in [0.1, 0.15) is 4.91 Å². The number of hydrogen-bond acceptors (Lipinski definition) is 3. The Labute approximate surface area is 101 Å². The fourth-order valence-corrected chi connectivity index (χ4v) is 3.46. The molecule has 1 heterocycles. The van der Waals surface area contributed by atoms with Crippen molar-refractivity contribution in [3.05, 3.63) is 34.8 Å². The van der Waals surface area contributed by atoms with Gasteiger partial charge in [0.2, 0.25) is 11.0 Å². The molecule has 2 rings (SSSR count). The Hall–Kier alpha value is -0.160. The van der Waals surface area contributed by atoms with E-state index in [-0.39, 0.29) is 18.2 Å². The van der Waals surface area contributed by atoms with Crippen LogP contribution in [0.25, 0.3) is 0 Å². The molecule has 0 saturated heterocycles. The van der Waals surface area contributed by atoms with Gasteiger partial charge in [0.05, 0.1) is 0 Å². The van der Waals surface area contributed by atoms with Crippen molar-refractivity contribution in [3.8, 4) is 0 Å². The van der Waals surface area contributed by atoms with Crippen molar-refractivity contribution in [1.82, 2.24) is 0 Å². The third-order valence-corrected chi connectivity index (χ3v) is 4.06.